The minimum atomic E-state index is -1.31. The van der Waals surface area contributed by atoms with Crippen molar-refractivity contribution in [2.24, 2.45) is 0 Å². The third kappa shape index (κ3) is 6.08. The van der Waals surface area contributed by atoms with E-state index in [4.69, 9.17) is 9.84 Å². The summed E-state index contributed by atoms with van der Waals surface area (Å²) in [5.41, 5.74) is 0. The zero-order valence-electron chi connectivity index (χ0n) is 10.3. The van der Waals surface area contributed by atoms with Gasteiger partial charge >= 0.3 is 12.0 Å². The Kier molecular flexibility index (Phi) is 7.24. The monoisotopic (exact) mass is 248 g/mol. The van der Waals surface area contributed by atoms with Gasteiger partial charge in [0.05, 0.1) is 12.7 Å². The van der Waals surface area contributed by atoms with Gasteiger partial charge in [-0.25, -0.2) is 9.59 Å². The van der Waals surface area contributed by atoms with Crippen LogP contribution >= 0.6 is 0 Å². The molecule has 7 nitrogen and oxygen atoms in total. The summed E-state index contributed by atoms with van der Waals surface area (Å²) in [6, 6.07) is -1.87. The average molecular weight is 248 g/mol. The molecule has 0 heterocycles. The molecule has 0 spiro atoms. The normalized spacial score (nSPS) is 13.9. The Morgan fingerprint density at radius 2 is 2.06 bits per heavy atom. The first-order valence-electron chi connectivity index (χ1n) is 5.40. The number of hydrogen-bond donors (Lipinski definition) is 3. The highest BCUT2D eigenvalue weighted by Crippen LogP contribution is 1.95. The highest BCUT2D eigenvalue weighted by Gasteiger charge is 2.26. The van der Waals surface area contributed by atoms with Crippen molar-refractivity contribution in [1.82, 2.24) is 10.2 Å². The number of carboxylic acid groups (broad SMARTS) is 1. The van der Waals surface area contributed by atoms with Gasteiger partial charge in [0, 0.05) is 20.2 Å². The highest BCUT2D eigenvalue weighted by atomic mass is 16.5. The number of aliphatic hydroxyl groups is 1. The second kappa shape index (κ2) is 7.86. The molecule has 0 radical (unpaired) electrons. The van der Waals surface area contributed by atoms with Crippen LogP contribution in [0.2, 0.25) is 0 Å². The molecule has 0 aliphatic heterocycles. The summed E-state index contributed by atoms with van der Waals surface area (Å²) >= 11 is 0. The number of amides is 2. The summed E-state index contributed by atoms with van der Waals surface area (Å²) in [4.78, 5) is 23.6. The van der Waals surface area contributed by atoms with Crippen molar-refractivity contribution in [2.45, 2.75) is 26.0 Å². The number of aliphatic carboxylic acids is 1. The number of carbonyl (C=O) groups excluding carboxylic acids is 1. The van der Waals surface area contributed by atoms with Crippen LogP contribution in [-0.2, 0) is 9.53 Å². The van der Waals surface area contributed by atoms with Crippen LogP contribution in [-0.4, -0.2) is 66.1 Å². The molecule has 0 rings (SSSR count). The fraction of sp³-hybridized carbons (Fsp3) is 0.800. The van der Waals surface area contributed by atoms with Crippen LogP contribution in [0.5, 0.6) is 0 Å². The fourth-order valence-electron chi connectivity index (χ4n) is 1.08. The van der Waals surface area contributed by atoms with Crippen molar-refractivity contribution in [3.63, 3.8) is 0 Å². The second-order valence-corrected chi connectivity index (χ2v) is 3.62. The Hall–Kier alpha value is -1.34. The Labute approximate surface area is 100 Å². The molecular formula is C10H20N2O5. The lowest BCUT2D eigenvalue weighted by Gasteiger charge is -2.22. The topological polar surface area (TPSA) is 99.1 Å². The Balaban J connectivity index is 4.16. The number of ether oxygens (including phenoxy) is 1. The third-order valence-electron chi connectivity index (χ3n) is 2.15. The predicted octanol–water partition coefficient (Wildman–Crippen LogP) is -0.502. The molecule has 2 atom stereocenters. The van der Waals surface area contributed by atoms with Gasteiger partial charge in [-0.05, 0) is 13.8 Å². The minimum absolute atomic E-state index is 0.353. The van der Waals surface area contributed by atoms with Crippen LogP contribution in [0, 0.1) is 0 Å². The van der Waals surface area contributed by atoms with Crippen LogP contribution in [0.25, 0.3) is 0 Å². The van der Waals surface area contributed by atoms with E-state index in [0.29, 0.717) is 19.8 Å². The number of hydrogen-bond acceptors (Lipinski definition) is 4. The van der Waals surface area contributed by atoms with E-state index in [1.165, 1.54) is 18.9 Å². The molecule has 0 aliphatic rings. The molecule has 7 heteroatoms. The lowest BCUT2D eigenvalue weighted by atomic mass is 10.2. The second-order valence-electron chi connectivity index (χ2n) is 3.62. The van der Waals surface area contributed by atoms with E-state index in [-0.39, 0.29) is 0 Å². The Morgan fingerprint density at radius 1 is 1.47 bits per heavy atom. The van der Waals surface area contributed by atoms with Gasteiger partial charge in [-0.2, -0.15) is 0 Å². The van der Waals surface area contributed by atoms with Gasteiger partial charge in [0.2, 0.25) is 0 Å². The number of carboxylic acids is 1. The number of nitrogens with one attached hydrogen (secondary N) is 1. The maximum atomic E-state index is 11.5. The molecule has 0 fully saturated rings. The summed E-state index contributed by atoms with van der Waals surface area (Å²) in [6.45, 7) is 4.44. The molecule has 2 amide bonds. The van der Waals surface area contributed by atoms with Gasteiger partial charge in [-0.1, -0.05) is 0 Å². The Morgan fingerprint density at radius 3 is 2.47 bits per heavy atom. The van der Waals surface area contributed by atoms with Crippen molar-refractivity contribution in [3.05, 3.63) is 0 Å². The van der Waals surface area contributed by atoms with Crippen LogP contribution in [0.3, 0.4) is 0 Å². The largest absolute Gasteiger partial charge is 0.480 e. The standard InChI is InChI=1S/C10H20N2O5/c1-4-17-6-5-12(3)10(16)11-8(7(2)13)9(14)15/h7-8,13H,4-6H2,1-3H3,(H,11,16)(H,14,15). The Bertz CT molecular complexity index is 257. The number of urea groups is 1. The molecule has 0 bridgehead atoms. The van der Waals surface area contributed by atoms with Crippen molar-refractivity contribution >= 4 is 12.0 Å². The molecule has 3 N–H and O–H groups in total. The zero-order chi connectivity index (χ0) is 13.4. The molecule has 2 unspecified atom stereocenters. The molecular weight excluding hydrogens is 228 g/mol. The van der Waals surface area contributed by atoms with Crippen molar-refractivity contribution in [3.8, 4) is 0 Å². The van der Waals surface area contributed by atoms with Gasteiger partial charge in [-0.3, -0.25) is 0 Å². The molecule has 0 aromatic heterocycles. The molecule has 0 saturated carbocycles. The summed E-state index contributed by atoms with van der Waals surface area (Å²) in [5, 5.41) is 20.2. The van der Waals surface area contributed by atoms with E-state index in [0.717, 1.165) is 0 Å². The van der Waals surface area contributed by atoms with E-state index in [1.54, 1.807) is 0 Å². The van der Waals surface area contributed by atoms with Crippen molar-refractivity contribution < 1.29 is 24.5 Å². The van der Waals surface area contributed by atoms with E-state index >= 15 is 0 Å². The predicted molar refractivity (Wildman–Crippen MR) is 60.8 cm³/mol. The number of aliphatic hydroxyl groups excluding tert-OH is 1. The zero-order valence-corrected chi connectivity index (χ0v) is 10.3. The summed E-state index contributed by atoms with van der Waals surface area (Å²) in [5.74, 6) is -1.27. The van der Waals surface area contributed by atoms with Crippen molar-refractivity contribution in [2.75, 3.05) is 26.8 Å². The van der Waals surface area contributed by atoms with Crippen LogP contribution in [0.4, 0.5) is 4.79 Å². The van der Waals surface area contributed by atoms with E-state index in [2.05, 4.69) is 5.32 Å². The minimum Gasteiger partial charge on any atom is -0.480 e. The van der Waals surface area contributed by atoms with E-state index < -0.39 is 24.1 Å². The van der Waals surface area contributed by atoms with Gasteiger partial charge in [0.15, 0.2) is 6.04 Å². The summed E-state index contributed by atoms with van der Waals surface area (Å²) in [6.07, 6.45) is -1.16. The molecule has 0 saturated heterocycles. The lowest BCUT2D eigenvalue weighted by molar-refractivity contribution is -0.141. The first-order valence-corrected chi connectivity index (χ1v) is 5.40. The summed E-state index contributed by atoms with van der Waals surface area (Å²) < 4.78 is 5.07. The molecule has 0 aliphatic carbocycles. The van der Waals surface area contributed by atoms with E-state index in [9.17, 15) is 14.7 Å². The van der Waals surface area contributed by atoms with Gasteiger partial charge in [0.25, 0.3) is 0 Å². The number of nitrogens with zero attached hydrogens (tertiary/aromatic N) is 1. The van der Waals surface area contributed by atoms with E-state index in [1.807, 2.05) is 6.92 Å². The fourth-order valence-corrected chi connectivity index (χ4v) is 1.08. The molecule has 0 aromatic rings. The molecule has 0 aromatic carbocycles. The van der Waals surface area contributed by atoms with Crippen LogP contribution < -0.4 is 5.32 Å². The van der Waals surface area contributed by atoms with Crippen LogP contribution in [0.1, 0.15) is 13.8 Å². The number of carbonyl (C=O) groups is 2. The quantitative estimate of drug-likeness (QED) is 0.527. The van der Waals surface area contributed by atoms with Gasteiger partial charge in [0.1, 0.15) is 0 Å². The third-order valence-corrected chi connectivity index (χ3v) is 2.15. The number of likely N-dealkylation sites (N-methyl/N-ethyl adjacent to an activating group) is 1. The SMILES string of the molecule is CCOCCN(C)C(=O)NC(C(=O)O)C(C)O. The number of rotatable bonds is 7. The lowest BCUT2D eigenvalue weighted by Crippen LogP contribution is -2.51. The molecule has 17 heavy (non-hydrogen) atoms. The smallest absolute Gasteiger partial charge is 0.328 e. The first-order chi connectivity index (χ1) is 7.90. The average Bonchev–Trinajstić information content (AvgIpc) is 2.24. The van der Waals surface area contributed by atoms with Crippen molar-refractivity contribution in [1.29, 1.82) is 0 Å². The van der Waals surface area contributed by atoms with Gasteiger partial charge < -0.3 is 25.2 Å². The maximum absolute atomic E-state index is 11.5. The first kappa shape index (κ1) is 15.7. The van der Waals surface area contributed by atoms with Gasteiger partial charge in [-0.15, -0.1) is 0 Å². The maximum Gasteiger partial charge on any atom is 0.328 e. The van der Waals surface area contributed by atoms with Crippen LogP contribution in [0.15, 0.2) is 0 Å². The highest BCUT2D eigenvalue weighted by molar-refractivity contribution is 5.82. The summed E-state index contributed by atoms with van der Waals surface area (Å²) in [7, 11) is 1.52. The molecule has 100 valence electrons.